The van der Waals surface area contributed by atoms with E-state index in [1.165, 1.54) is 0 Å². The molecule has 4 nitrogen and oxygen atoms in total. The standard InChI is InChI=1S/C14H17N3O.ClH/c1-18-11-2-3-13-12(8-11)14(5-7-16-13)17-10-4-6-15-9-10;/h2-3,5,7-8,10,15H,4,6,9H2,1H3,(H,16,17);1H/t10-;/m1./s1. The van der Waals surface area contributed by atoms with Gasteiger partial charge in [0.25, 0.3) is 0 Å². The fourth-order valence-corrected chi connectivity index (χ4v) is 2.38. The van der Waals surface area contributed by atoms with E-state index in [-0.39, 0.29) is 12.4 Å². The van der Waals surface area contributed by atoms with Gasteiger partial charge in [0.05, 0.1) is 12.6 Å². The number of nitrogens with zero attached hydrogens (tertiary/aromatic N) is 1. The highest BCUT2D eigenvalue weighted by atomic mass is 35.5. The van der Waals surface area contributed by atoms with Crippen molar-refractivity contribution in [1.29, 1.82) is 0 Å². The predicted molar refractivity (Wildman–Crippen MR) is 80.4 cm³/mol. The van der Waals surface area contributed by atoms with Crippen LogP contribution < -0.4 is 15.4 Å². The number of aromatic nitrogens is 1. The first-order chi connectivity index (χ1) is 8.86. The molecule has 1 aliphatic heterocycles. The predicted octanol–water partition coefficient (Wildman–Crippen LogP) is 2.44. The van der Waals surface area contributed by atoms with Gasteiger partial charge in [-0.2, -0.15) is 0 Å². The molecule has 1 aromatic heterocycles. The Morgan fingerprint density at radius 1 is 1.37 bits per heavy atom. The summed E-state index contributed by atoms with van der Waals surface area (Å²) in [4.78, 5) is 4.38. The fraction of sp³-hybridized carbons (Fsp3) is 0.357. The lowest BCUT2D eigenvalue weighted by molar-refractivity contribution is 0.415. The van der Waals surface area contributed by atoms with Crippen LogP contribution in [0.15, 0.2) is 30.5 Å². The molecule has 1 aliphatic rings. The number of pyridine rings is 1. The van der Waals surface area contributed by atoms with Gasteiger partial charge in [0.2, 0.25) is 0 Å². The summed E-state index contributed by atoms with van der Waals surface area (Å²) in [5, 5.41) is 8.05. The Hall–Kier alpha value is -1.52. The van der Waals surface area contributed by atoms with Gasteiger partial charge in [0.15, 0.2) is 0 Å². The zero-order valence-electron chi connectivity index (χ0n) is 10.8. The Kier molecular flexibility index (Phi) is 4.45. The minimum Gasteiger partial charge on any atom is -0.497 e. The largest absolute Gasteiger partial charge is 0.497 e. The lowest BCUT2D eigenvalue weighted by Gasteiger charge is -2.15. The van der Waals surface area contributed by atoms with Crippen molar-refractivity contribution in [2.45, 2.75) is 12.5 Å². The van der Waals surface area contributed by atoms with Crippen LogP contribution in [0.4, 0.5) is 5.69 Å². The van der Waals surface area contributed by atoms with Crippen molar-refractivity contribution < 1.29 is 4.74 Å². The third-order valence-electron chi connectivity index (χ3n) is 3.37. The molecule has 1 fully saturated rings. The number of ether oxygens (including phenoxy) is 1. The quantitative estimate of drug-likeness (QED) is 0.906. The van der Waals surface area contributed by atoms with E-state index in [0.29, 0.717) is 6.04 Å². The van der Waals surface area contributed by atoms with E-state index in [2.05, 4.69) is 15.6 Å². The number of hydrogen-bond donors (Lipinski definition) is 2. The van der Waals surface area contributed by atoms with Gasteiger partial charge < -0.3 is 15.4 Å². The van der Waals surface area contributed by atoms with Crippen molar-refractivity contribution in [2.24, 2.45) is 0 Å². The number of nitrogens with one attached hydrogen (secondary N) is 2. The van der Waals surface area contributed by atoms with E-state index in [1.807, 2.05) is 30.5 Å². The highest BCUT2D eigenvalue weighted by Crippen LogP contribution is 2.26. The van der Waals surface area contributed by atoms with Crippen LogP contribution in [0.25, 0.3) is 10.9 Å². The molecule has 0 amide bonds. The van der Waals surface area contributed by atoms with Crippen LogP contribution in [0.3, 0.4) is 0 Å². The molecule has 0 saturated carbocycles. The SMILES string of the molecule is COc1ccc2nccc(N[C@@H]3CCNC3)c2c1.Cl. The maximum Gasteiger partial charge on any atom is 0.119 e. The van der Waals surface area contributed by atoms with Gasteiger partial charge in [0, 0.05) is 29.9 Å². The molecular formula is C14H18ClN3O. The summed E-state index contributed by atoms with van der Waals surface area (Å²) in [7, 11) is 1.69. The summed E-state index contributed by atoms with van der Waals surface area (Å²) >= 11 is 0. The highest BCUT2D eigenvalue weighted by molar-refractivity contribution is 5.92. The lowest BCUT2D eigenvalue weighted by Crippen LogP contribution is -2.22. The third kappa shape index (κ3) is 2.91. The number of halogens is 1. The molecule has 1 saturated heterocycles. The number of anilines is 1. The maximum absolute atomic E-state index is 5.28. The van der Waals surface area contributed by atoms with Crippen molar-refractivity contribution in [1.82, 2.24) is 10.3 Å². The molecule has 0 aliphatic carbocycles. The molecule has 1 atom stereocenters. The normalized spacial score (nSPS) is 18.1. The highest BCUT2D eigenvalue weighted by Gasteiger charge is 2.15. The molecule has 5 heteroatoms. The van der Waals surface area contributed by atoms with Crippen molar-refractivity contribution in [2.75, 3.05) is 25.5 Å². The molecule has 0 spiro atoms. The Morgan fingerprint density at radius 3 is 3.00 bits per heavy atom. The summed E-state index contributed by atoms with van der Waals surface area (Å²) in [6.07, 6.45) is 3.01. The van der Waals surface area contributed by atoms with Crippen molar-refractivity contribution in [3.8, 4) is 5.75 Å². The monoisotopic (exact) mass is 279 g/mol. The molecule has 2 heterocycles. The summed E-state index contributed by atoms with van der Waals surface area (Å²) in [6.45, 7) is 2.11. The van der Waals surface area contributed by atoms with Crippen molar-refractivity contribution in [3.63, 3.8) is 0 Å². The molecule has 19 heavy (non-hydrogen) atoms. The van der Waals surface area contributed by atoms with Crippen LogP contribution in [0.2, 0.25) is 0 Å². The van der Waals surface area contributed by atoms with Gasteiger partial charge >= 0.3 is 0 Å². The molecule has 2 aromatic rings. The second-order valence-corrected chi connectivity index (χ2v) is 4.58. The van der Waals surface area contributed by atoms with Crippen molar-refractivity contribution >= 4 is 29.0 Å². The Labute approximate surface area is 119 Å². The molecule has 0 unspecified atom stereocenters. The van der Waals surface area contributed by atoms with E-state index in [0.717, 1.165) is 41.9 Å². The number of rotatable bonds is 3. The zero-order chi connectivity index (χ0) is 12.4. The minimum absolute atomic E-state index is 0. The van der Waals surface area contributed by atoms with Gasteiger partial charge in [-0.05, 0) is 37.2 Å². The molecule has 0 bridgehead atoms. The fourth-order valence-electron chi connectivity index (χ4n) is 2.38. The molecule has 2 N–H and O–H groups in total. The third-order valence-corrected chi connectivity index (χ3v) is 3.37. The van der Waals surface area contributed by atoms with Crippen LogP contribution in [0.5, 0.6) is 5.75 Å². The van der Waals surface area contributed by atoms with Crippen LogP contribution in [0, 0.1) is 0 Å². The van der Waals surface area contributed by atoms with E-state index in [1.54, 1.807) is 7.11 Å². The first-order valence-electron chi connectivity index (χ1n) is 6.27. The van der Waals surface area contributed by atoms with Crippen LogP contribution in [-0.2, 0) is 0 Å². The minimum atomic E-state index is 0. The lowest BCUT2D eigenvalue weighted by atomic mass is 10.1. The summed E-state index contributed by atoms with van der Waals surface area (Å²) in [6, 6.07) is 8.50. The maximum atomic E-state index is 5.28. The molecular weight excluding hydrogens is 262 g/mol. The van der Waals surface area contributed by atoms with E-state index in [9.17, 15) is 0 Å². The van der Waals surface area contributed by atoms with E-state index >= 15 is 0 Å². The first kappa shape index (κ1) is 13.9. The van der Waals surface area contributed by atoms with Gasteiger partial charge in [-0.15, -0.1) is 12.4 Å². The van der Waals surface area contributed by atoms with Crippen LogP contribution >= 0.6 is 12.4 Å². The summed E-state index contributed by atoms with van der Waals surface area (Å²) < 4.78 is 5.28. The molecule has 3 rings (SSSR count). The average molecular weight is 280 g/mol. The zero-order valence-corrected chi connectivity index (χ0v) is 11.7. The number of hydrogen-bond acceptors (Lipinski definition) is 4. The van der Waals surface area contributed by atoms with Gasteiger partial charge in [-0.1, -0.05) is 0 Å². The summed E-state index contributed by atoms with van der Waals surface area (Å²) in [5.74, 6) is 0.864. The second kappa shape index (κ2) is 6.08. The van der Waals surface area contributed by atoms with E-state index < -0.39 is 0 Å². The Balaban J connectivity index is 0.00000133. The molecule has 0 radical (unpaired) electrons. The van der Waals surface area contributed by atoms with Crippen molar-refractivity contribution in [3.05, 3.63) is 30.5 Å². The second-order valence-electron chi connectivity index (χ2n) is 4.58. The number of methoxy groups -OCH3 is 1. The topological polar surface area (TPSA) is 46.2 Å². The van der Waals surface area contributed by atoms with Gasteiger partial charge in [-0.3, -0.25) is 4.98 Å². The van der Waals surface area contributed by atoms with Gasteiger partial charge in [0.1, 0.15) is 5.75 Å². The summed E-state index contributed by atoms with van der Waals surface area (Å²) in [5.41, 5.74) is 2.12. The Bertz CT molecular complexity index is 555. The number of fused-ring (bicyclic) bond motifs is 1. The smallest absolute Gasteiger partial charge is 0.119 e. The first-order valence-corrected chi connectivity index (χ1v) is 6.27. The number of benzene rings is 1. The molecule has 102 valence electrons. The van der Waals surface area contributed by atoms with Crippen LogP contribution in [-0.4, -0.2) is 31.2 Å². The average Bonchev–Trinajstić information content (AvgIpc) is 2.91. The van der Waals surface area contributed by atoms with Crippen LogP contribution in [0.1, 0.15) is 6.42 Å². The molecule has 1 aromatic carbocycles. The van der Waals surface area contributed by atoms with Gasteiger partial charge in [-0.25, -0.2) is 0 Å². The Morgan fingerprint density at radius 2 is 2.26 bits per heavy atom. The van der Waals surface area contributed by atoms with E-state index in [4.69, 9.17) is 4.74 Å².